The first-order chi connectivity index (χ1) is 8.13. The standard InChI is InChI=1S/C13H15BrN2O/c1-3-4-10(8-15)13(16)9-5-6-12(17-2)11(14)7-9/h5-7H,3-4,16H2,1-2H3/b13-10-. The highest BCUT2D eigenvalue weighted by Crippen LogP contribution is 2.28. The molecule has 0 atom stereocenters. The molecule has 2 N–H and O–H groups in total. The average Bonchev–Trinajstić information content (AvgIpc) is 2.35. The number of nitrogens with zero attached hydrogens (tertiary/aromatic N) is 1. The van der Waals surface area contributed by atoms with Gasteiger partial charge in [0.1, 0.15) is 5.75 Å². The van der Waals surface area contributed by atoms with E-state index in [1.807, 2.05) is 25.1 Å². The minimum absolute atomic E-state index is 0.540. The maximum absolute atomic E-state index is 9.03. The fourth-order valence-electron chi connectivity index (χ4n) is 1.51. The second-order valence-corrected chi connectivity index (χ2v) is 4.46. The lowest BCUT2D eigenvalue weighted by atomic mass is 10.0. The summed E-state index contributed by atoms with van der Waals surface area (Å²) in [5.74, 6) is 0.746. The Labute approximate surface area is 110 Å². The molecule has 3 nitrogen and oxygen atoms in total. The van der Waals surface area contributed by atoms with Crippen molar-refractivity contribution in [3.05, 3.63) is 33.8 Å². The van der Waals surface area contributed by atoms with E-state index in [0.717, 1.165) is 22.2 Å². The van der Waals surface area contributed by atoms with Crippen molar-refractivity contribution in [2.45, 2.75) is 19.8 Å². The van der Waals surface area contributed by atoms with Gasteiger partial charge in [0.2, 0.25) is 0 Å². The van der Waals surface area contributed by atoms with Gasteiger partial charge in [-0.1, -0.05) is 13.3 Å². The molecule has 0 radical (unpaired) electrons. The van der Waals surface area contributed by atoms with Gasteiger partial charge in [-0.05, 0) is 46.1 Å². The zero-order valence-corrected chi connectivity index (χ0v) is 11.5. The predicted molar refractivity (Wildman–Crippen MR) is 72.3 cm³/mol. The molecular weight excluding hydrogens is 280 g/mol. The first-order valence-corrected chi connectivity index (χ1v) is 6.16. The fourth-order valence-corrected chi connectivity index (χ4v) is 2.05. The zero-order valence-electron chi connectivity index (χ0n) is 9.96. The number of hydrogen-bond donors (Lipinski definition) is 1. The van der Waals surface area contributed by atoms with E-state index in [9.17, 15) is 0 Å². The molecule has 0 aromatic heterocycles. The highest BCUT2D eigenvalue weighted by molar-refractivity contribution is 9.10. The van der Waals surface area contributed by atoms with Crippen LogP contribution in [0, 0.1) is 11.3 Å². The van der Waals surface area contributed by atoms with Crippen molar-refractivity contribution in [2.24, 2.45) is 5.73 Å². The van der Waals surface area contributed by atoms with Gasteiger partial charge in [-0.25, -0.2) is 0 Å². The topological polar surface area (TPSA) is 59.0 Å². The third-order valence-corrected chi connectivity index (χ3v) is 3.04. The first kappa shape index (κ1) is 13.6. The van der Waals surface area contributed by atoms with E-state index in [2.05, 4.69) is 22.0 Å². The third-order valence-electron chi connectivity index (χ3n) is 2.42. The molecule has 90 valence electrons. The minimum Gasteiger partial charge on any atom is -0.496 e. The van der Waals surface area contributed by atoms with Gasteiger partial charge in [0.25, 0.3) is 0 Å². The zero-order chi connectivity index (χ0) is 12.8. The Morgan fingerprint density at radius 3 is 2.71 bits per heavy atom. The van der Waals surface area contributed by atoms with Gasteiger partial charge in [0.15, 0.2) is 0 Å². The summed E-state index contributed by atoms with van der Waals surface area (Å²) in [5, 5.41) is 9.03. The summed E-state index contributed by atoms with van der Waals surface area (Å²) < 4.78 is 5.97. The summed E-state index contributed by atoms with van der Waals surface area (Å²) in [4.78, 5) is 0. The number of hydrogen-bond acceptors (Lipinski definition) is 3. The molecule has 17 heavy (non-hydrogen) atoms. The van der Waals surface area contributed by atoms with Gasteiger partial charge in [-0.2, -0.15) is 5.26 Å². The number of rotatable bonds is 4. The molecule has 0 heterocycles. The Kier molecular flexibility index (Phi) is 5.05. The van der Waals surface area contributed by atoms with Gasteiger partial charge in [-0.15, -0.1) is 0 Å². The van der Waals surface area contributed by atoms with Crippen molar-refractivity contribution in [3.63, 3.8) is 0 Å². The molecule has 0 aliphatic heterocycles. The van der Waals surface area contributed by atoms with Gasteiger partial charge in [0, 0.05) is 0 Å². The lowest BCUT2D eigenvalue weighted by molar-refractivity contribution is 0.412. The van der Waals surface area contributed by atoms with E-state index in [1.165, 1.54) is 0 Å². The van der Waals surface area contributed by atoms with Crippen LogP contribution in [0.2, 0.25) is 0 Å². The fraction of sp³-hybridized carbons (Fsp3) is 0.308. The minimum atomic E-state index is 0.540. The summed E-state index contributed by atoms with van der Waals surface area (Å²) in [6.07, 6.45) is 1.60. The van der Waals surface area contributed by atoms with Crippen LogP contribution < -0.4 is 10.5 Å². The number of ether oxygens (including phenoxy) is 1. The van der Waals surface area contributed by atoms with Crippen LogP contribution in [0.25, 0.3) is 5.70 Å². The summed E-state index contributed by atoms with van der Waals surface area (Å²) in [6, 6.07) is 7.70. The summed E-state index contributed by atoms with van der Waals surface area (Å²) in [7, 11) is 1.61. The molecule has 1 aromatic rings. The number of nitriles is 1. The maximum atomic E-state index is 9.03. The van der Waals surface area contributed by atoms with Crippen LogP contribution in [-0.4, -0.2) is 7.11 Å². The molecule has 0 fully saturated rings. The molecule has 0 aliphatic rings. The van der Waals surface area contributed by atoms with E-state index >= 15 is 0 Å². The number of halogens is 1. The third kappa shape index (κ3) is 3.24. The summed E-state index contributed by atoms with van der Waals surface area (Å²) in [5.41, 5.74) is 8.00. The van der Waals surface area contributed by atoms with E-state index in [0.29, 0.717) is 17.7 Å². The number of methoxy groups -OCH3 is 1. The molecule has 1 aromatic carbocycles. The van der Waals surface area contributed by atoms with Crippen LogP contribution in [0.4, 0.5) is 0 Å². The summed E-state index contributed by atoms with van der Waals surface area (Å²) in [6.45, 7) is 2.02. The molecule has 0 aliphatic carbocycles. The SMILES string of the molecule is CCC/C(C#N)=C(/N)c1ccc(OC)c(Br)c1. The van der Waals surface area contributed by atoms with Crippen LogP contribution in [-0.2, 0) is 0 Å². The molecule has 4 heteroatoms. The molecule has 0 amide bonds. The number of allylic oxidation sites excluding steroid dienone is 1. The largest absolute Gasteiger partial charge is 0.496 e. The summed E-state index contributed by atoms with van der Waals surface area (Å²) >= 11 is 3.40. The Morgan fingerprint density at radius 2 is 2.24 bits per heavy atom. The Hall–Kier alpha value is -1.47. The van der Waals surface area contributed by atoms with Crippen molar-refractivity contribution >= 4 is 21.6 Å². The average molecular weight is 295 g/mol. The lowest BCUT2D eigenvalue weighted by Gasteiger charge is -2.08. The molecule has 0 unspecified atom stereocenters. The van der Waals surface area contributed by atoms with Crippen LogP contribution in [0.5, 0.6) is 5.75 Å². The lowest BCUT2D eigenvalue weighted by Crippen LogP contribution is -2.01. The second kappa shape index (κ2) is 6.31. The van der Waals surface area contributed by atoms with Gasteiger partial charge in [0.05, 0.1) is 28.9 Å². The van der Waals surface area contributed by atoms with Crippen LogP contribution in [0.1, 0.15) is 25.3 Å². The first-order valence-electron chi connectivity index (χ1n) is 5.36. The van der Waals surface area contributed by atoms with Crippen molar-refractivity contribution < 1.29 is 4.74 Å². The molecule has 0 saturated carbocycles. The predicted octanol–water partition coefficient (Wildman–Crippen LogP) is 3.45. The Morgan fingerprint density at radius 1 is 1.53 bits per heavy atom. The molecule has 0 spiro atoms. The Bertz CT molecular complexity index is 475. The highest BCUT2D eigenvalue weighted by Gasteiger charge is 2.07. The number of benzene rings is 1. The van der Waals surface area contributed by atoms with E-state index in [4.69, 9.17) is 15.7 Å². The van der Waals surface area contributed by atoms with E-state index < -0.39 is 0 Å². The monoisotopic (exact) mass is 294 g/mol. The smallest absolute Gasteiger partial charge is 0.133 e. The highest BCUT2D eigenvalue weighted by atomic mass is 79.9. The van der Waals surface area contributed by atoms with Gasteiger partial charge in [-0.3, -0.25) is 0 Å². The van der Waals surface area contributed by atoms with E-state index in [-0.39, 0.29) is 0 Å². The molecule has 0 bridgehead atoms. The van der Waals surface area contributed by atoms with E-state index in [1.54, 1.807) is 7.11 Å². The molecule has 0 saturated heterocycles. The van der Waals surface area contributed by atoms with Crippen LogP contribution in [0.15, 0.2) is 28.2 Å². The van der Waals surface area contributed by atoms with Crippen molar-refractivity contribution in [1.82, 2.24) is 0 Å². The molecule has 1 rings (SSSR count). The van der Waals surface area contributed by atoms with Gasteiger partial charge >= 0.3 is 0 Å². The van der Waals surface area contributed by atoms with Crippen LogP contribution >= 0.6 is 15.9 Å². The van der Waals surface area contributed by atoms with Crippen molar-refractivity contribution in [2.75, 3.05) is 7.11 Å². The van der Waals surface area contributed by atoms with Crippen molar-refractivity contribution in [1.29, 1.82) is 5.26 Å². The molecular formula is C13H15BrN2O. The number of nitrogens with two attached hydrogens (primary N) is 1. The maximum Gasteiger partial charge on any atom is 0.133 e. The van der Waals surface area contributed by atoms with Gasteiger partial charge < -0.3 is 10.5 Å². The Balaban J connectivity index is 3.16. The quantitative estimate of drug-likeness (QED) is 0.865. The normalized spacial score (nSPS) is 11.6. The van der Waals surface area contributed by atoms with Crippen molar-refractivity contribution in [3.8, 4) is 11.8 Å². The second-order valence-electron chi connectivity index (χ2n) is 3.60. The van der Waals surface area contributed by atoms with Crippen LogP contribution in [0.3, 0.4) is 0 Å².